The molecule has 2 aromatic rings. The van der Waals surface area contributed by atoms with Gasteiger partial charge in [0.2, 0.25) is 5.91 Å². The molecule has 0 atom stereocenters. The zero-order valence-corrected chi connectivity index (χ0v) is 17.2. The Balaban J connectivity index is 1.75. The van der Waals surface area contributed by atoms with Gasteiger partial charge in [-0.05, 0) is 41.3 Å². The van der Waals surface area contributed by atoms with Crippen molar-refractivity contribution in [1.82, 2.24) is 4.90 Å². The van der Waals surface area contributed by atoms with Crippen molar-refractivity contribution in [1.29, 1.82) is 0 Å². The van der Waals surface area contributed by atoms with E-state index < -0.39 is 0 Å². The fourth-order valence-electron chi connectivity index (χ4n) is 3.09. The van der Waals surface area contributed by atoms with Crippen LogP contribution >= 0.6 is 11.6 Å². The summed E-state index contributed by atoms with van der Waals surface area (Å²) in [6.07, 6.45) is 0.432. The maximum absolute atomic E-state index is 12.5. The van der Waals surface area contributed by atoms with E-state index in [2.05, 4.69) is 5.32 Å². The summed E-state index contributed by atoms with van der Waals surface area (Å²) in [5, 5.41) is 3.60. The molecule has 0 spiro atoms. The second-order valence-corrected chi connectivity index (χ2v) is 8.71. The van der Waals surface area contributed by atoms with Crippen molar-refractivity contribution in [3.05, 3.63) is 58.6 Å². The maximum Gasteiger partial charge on any atom is 0.261 e. The second kappa shape index (κ2) is 8.23. The number of halogens is 1. The van der Waals surface area contributed by atoms with Gasteiger partial charge in [-0.1, -0.05) is 44.5 Å². The number of rotatable bonds is 4. The van der Waals surface area contributed by atoms with E-state index in [9.17, 15) is 9.59 Å². The first-order chi connectivity index (χ1) is 13.2. The van der Waals surface area contributed by atoms with Crippen LogP contribution < -0.4 is 10.1 Å². The summed E-state index contributed by atoms with van der Waals surface area (Å²) in [6.45, 7) is 6.96. The van der Waals surface area contributed by atoms with Gasteiger partial charge in [0.25, 0.3) is 5.91 Å². The lowest BCUT2D eigenvalue weighted by molar-refractivity contribution is -0.133. The van der Waals surface area contributed by atoms with Crippen LogP contribution in [0.5, 0.6) is 5.75 Å². The number of amides is 2. The molecular formula is C22H25ClN2O3. The molecule has 1 aliphatic rings. The topological polar surface area (TPSA) is 58.6 Å². The summed E-state index contributed by atoms with van der Waals surface area (Å²) < 4.78 is 5.66. The van der Waals surface area contributed by atoms with Crippen LogP contribution in [0.4, 0.5) is 5.69 Å². The van der Waals surface area contributed by atoms with Crippen LogP contribution in [-0.2, 0) is 22.7 Å². The van der Waals surface area contributed by atoms with Crippen LogP contribution in [0.1, 0.15) is 38.3 Å². The number of hydrogen-bond donors (Lipinski definition) is 1. The Labute approximate surface area is 170 Å². The summed E-state index contributed by atoms with van der Waals surface area (Å²) in [5.41, 5.74) is 2.49. The molecule has 28 heavy (non-hydrogen) atoms. The number of anilines is 1. The number of carbonyl (C=O) groups is 2. The normalized spacial score (nSPS) is 14.1. The third-order valence-corrected chi connectivity index (χ3v) is 4.64. The molecule has 5 nitrogen and oxygen atoms in total. The van der Waals surface area contributed by atoms with Gasteiger partial charge in [0.15, 0.2) is 6.61 Å². The average molecular weight is 401 g/mol. The third-order valence-electron chi connectivity index (χ3n) is 4.39. The zero-order valence-electron chi connectivity index (χ0n) is 16.4. The monoisotopic (exact) mass is 400 g/mol. The fraction of sp³-hybridized carbons (Fsp3) is 0.364. The Morgan fingerprint density at radius 2 is 1.89 bits per heavy atom. The van der Waals surface area contributed by atoms with Gasteiger partial charge < -0.3 is 15.0 Å². The number of benzene rings is 2. The highest BCUT2D eigenvalue weighted by molar-refractivity contribution is 6.30. The minimum atomic E-state index is -0.0827. The molecular weight excluding hydrogens is 376 g/mol. The second-order valence-electron chi connectivity index (χ2n) is 8.27. The average Bonchev–Trinajstić information content (AvgIpc) is 2.74. The fourth-order valence-corrected chi connectivity index (χ4v) is 3.21. The van der Waals surface area contributed by atoms with E-state index in [1.165, 1.54) is 0 Å². The lowest BCUT2D eigenvalue weighted by Crippen LogP contribution is -2.31. The van der Waals surface area contributed by atoms with E-state index in [-0.39, 0.29) is 23.8 Å². The van der Waals surface area contributed by atoms with E-state index in [0.29, 0.717) is 36.0 Å². The summed E-state index contributed by atoms with van der Waals surface area (Å²) in [6, 6.07) is 12.9. The smallest absolute Gasteiger partial charge is 0.261 e. The van der Waals surface area contributed by atoms with Gasteiger partial charge in [-0.25, -0.2) is 0 Å². The molecule has 0 fully saturated rings. The first kappa shape index (κ1) is 20.2. The number of carbonyl (C=O) groups excluding carboxylic acids is 2. The molecule has 0 radical (unpaired) electrons. The molecule has 0 bridgehead atoms. The first-order valence-electron chi connectivity index (χ1n) is 9.27. The van der Waals surface area contributed by atoms with E-state index >= 15 is 0 Å². The van der Waals surface area contributed by atoms with Crippen LogP contribution in [0.15, 0.2) is 42.5 Å². The molecule has 1 aliphatic heterocycles. The summed E-state index contributed by atoms with van der Waals surface area (Å²) in [4.78, 5) is 26.5. The molecule has 2 amide bonds. The third kappa shape index (κ3) is 5.49. The summed E-state index contributed by atoms with van der Waals surface area (Å²) >= 11 is 5.94. The van der Waals surface area contributed by atoms with E-state index in [4.69, 9.17) is 16.3 Å². The first-order valence-corrected chi connectivity index (χ1v) is 9.65. The number of fused-ring (bicyclic) bond motifs is 1. The van der Waals surface area contributed by atoms with E-state index in [1.54, 1.807) is 17.0 Å². The highest BCUT2D eigenvalue weighted by Crippen LogP contribution is 2.28. The van der Waals surface area contributed by atoms with Crippen molar-refractivity contribution in [3.8, 4) is 5.75 Å². The highest BCUT2D eigenvalue weighted by Gasteiger charge is 2.23. The Morgan fingerprint density at radius 1 is 1.18 bits per heavy atom. The zero-order chi connectivity index (χ0) is 20.3. The molecule has 2 aromatic carbocycles. The van der Waals surface area contributed by atoms with E-state index in [0.717, 1.165) is 11.1 Å². The lowest BCUT2D eigenvalue weighted by atomic mass is 9.92. The van der Waals surface area contributed by atoms with Gasteiger partial charge in [-0.3, -0.25) is 9.59 Å². The SMILES string of the molecule is CC(C)(C)CC(=O)Nc1ccc2c(c1)CN(Cc1ccc(Cl)cc1)C(=O)CO2. The lowest BCUT2D eigenvalue weighted by Gasteiger charge is -2.20. The van der Waals surface area contributed by atoms with Crippen molar-refractivity contribution in [2.45, 2.75) is 40.3 Å². The van der Waals surface area contributed by atoms with Crippen LogP contribution in [0.25, 0.3) is 0 Å². The molecule has 6 heteroatoms. The largest absolute Gasteiger partial charge is 0.483 e. The Hall–Kier alpha value is -2.53. The van der Waals surface area contributed by atoms with Crippen molar-refractivity contribution < 1.29 is 14.3 Å². The Morgan fingerprint density at radius 3 is 2.57 bits per heavy atom. The van der Waals surface area contributed by atoms with Gasteiger partial charge in [0.05, 0.1) is 0 Å². The van der Waals surface area contributed by atoms with Crippen LogP contribution in [-0.4, -0.2) is 23.3 Å². The van der Waals surface area contributed by atoms with Crippen molar-refractivity contribution in [2.24, 2.45) is 5.41 Å². The Bertz CT molecular complexity index is 872. The Kier molecular flexibility index (Phi) is 5.94. The predicted molar refractivity (Wildman–Crippen MR) is 110 cm³/mol. The van der Waals surface area contributed by atoms with Gasteiger partial charge in [-0.15, -0.1) is 0 Å². The maximum atomic E-state index is 12.5. The van der Waals surface area contributed by atoms with Gasteiger partial charge in [-0.2, -0.15) is 0 Å². The van der Waals surface area contributed by atoms with Crippen molar-refractivity contribution >= 4 is 29.1 Å². The van der Waals surface area contributed by atoms with E-state index in [1.807, 2.05) is 51.1 Å². The van der Waals surface area contributed by atoms with Gasteiger partial charge in [0.1, 0.15) is 5.75 Å². The highest BCUT2D eigenvalue weighted by atomic mass is 35.5. The number of nitrogens with one attached hydrogen (secondary N) is 1. The molecule has 0 aromatic heterocycles. The molecule has 1 heterocycles. The van der Waals surface area contributed by atoms with Crippen molar-refractivity contribution in [2.75, 3.05) is 11.9 Å². The summed E-state index contributed by atoms with van der Waals surface area (Å²) in [7, 11) is 0. The predicted octanol–water partition coefficient (Wildman–Crippen LogP) is 4.64. The minimum absolute atomic E-state index is 0.00365. The standard InChI is InChI=1S/C22H25ClN2O3/c1-22(2,3)11-20(26)24-18-8-9-19-16(10-18)13-25(21(27)14-28-19)12-15-4-6-17(23)7-5-15/h4-10H,11-14H2,1-3H3,(H,24,26). The quantitative estimate of drug-likeness (QED) is 0.813. The van der Waals surface area contributed by atoms with Gasteiger partial charge >= 0.3 is 0 Å². The van der Waals surface area contributed by atoms with Gasteiger partial charge in [0, 0.05) is 35.8 Å². The molecule has 1 N–H and O–H groups in total. The van der Waals surface area contributed by atoms with Crippen LogP contribution in [0.3, 0.4) is 0 Å². The number of nitrogens with zero attached hydrogens (tertiary/aromatic N) is 1. The molecule has 0 saturated heterocycles. The summed E-state index contributed by atoms with van der Waals surface area (Å²) in [5.74, 6) is 0.557. The molecule has 0 unspecified atom stereocenters. The number of hydrogen-bond acceptors (Lipinski definition) is 3. The molecule has 148 valence electrons. The molecule has 3 rings (SSSR count). The molecule has 0 aliphatic carbocycles. The van der Waals surface area contributed by atoms with Crippen molar-refractivity contribution in [3.63, 3.8) is 0 Å². The number of ether oxygens (including phenoxy) is 1. The van der Waals surface area contributed by atoms with Crippen LogP contribution in [0.2, 0.25) is 5.02 Å². The minimum Gasteiger partial charge on any atom is -0.483 e. The van der Waals surface area contributed by atoms with Crippen LogP contribution in [0, 0.1) is 5.41 Å². The molecule has 0 saturated carbocycles.